The van der Waals surface area contributed by atoms with Gasteiger partial charge in [0.2, 0.25) is 5.91 Å². The first-order valence-electron chi connectivity index (χ1n) is 6.33. The first-order chi connectivity index (χ1) is 9.76. The Morgan fingerprint density at radius 2 is 2.14 bits per heavy atom. The van der Waals surface area contributed by atoms with E-state index in [1.165, 1.54) is 12.1 Å². The molecule has 0 fully saturated rings. The van der Waals surface area contributed by atoms with E-state index in [4.69, 9.17) is 5.73 Å². The van der Waals surface area contributed by atoms with E-state index >= 15 is 0 Å². The maximum absolute atomic E-state index is 12.4. The van der Waals surface area contributed by atoms with Gasteiger partial charge in [0, 0.05) is 11.0 Å². The van der Waals surface area contributed by atoms with Crippen molar-refractivity contribution in [2.75, 3.05) is 11.9 Å². The predicted octanol–water partition coefficient (Wildman–Crippen LogP) is 3.66. The van der Waals surface area contributed by atoms with Crippen LogP contribution < -0.4 is 15.8 Å². The number of amides is 1. The molecule has 0 aliphatic carbocycles. The van der Waals surface area contributed by atoms with Gasteiger partial charge in [-0.2, -0.15) is 0 Å². The maximum Gasteiger partial charge on any atom is 0.573 e. The lowest BCUT2D eigenvalue weighted by molar-refractivity contribution is -0.274. The Labute approximate surface area is 129 Å². The second kappa shape index (κ2) is 7.65. The molecular formula is C13H16BrF3N2O2. The van der Waals surface area contributed by atoms with Crippen molar-refractivity contribution in [3.8, 4) is 5.75 Å². The highest BCUT2D eigenvalue weighted by molar-refractivity contribution is 9.10. The van der Waals surface area contributed by atoms with Gasteiger partial charge in [-0.3, -0.25) is 4.79 Å². The lowest BCUT2D eigenvalue weighted by Gasteiger charge is -2.17. The van der Waals surface area contributed by atoms with E-state index in [9.17, 15) is 18.0 Å². The van der Waals surface area contributed by atoms with E-state index < -0.39 is 23.9 Å². The number of hydrogen-bond acceptors (Lipinski definition) is 3. The maximum atomic E-state index is 12.4. The number of nitrogens with two attached hydrogens (primary N) is 1. The fraction of sp³-hybridized carbons (Fsp3) is 0.462. The number of anilines is 1. The highest BCUT2D eigenvalue weighted by Crippen LogP contribution is 2.33. The summed E-state index contributed by atoms with van der Waals surface area (Å²) in [7, 11) is 0. The van der Waals surface area contributed by atoms with Crippen molar-refractivity contribution in [2.24, 2.45) is 11.7 Å². The second-order valence-electron chi connectivity index (χ2n) is 4.40. The first kappa shape index (κ1) is 17.8. The molecule has 4 nitrogen and oxygen atoms in total. The molecule has 118 valence electrons. The van der Waals surface area contributed by atoms with Crippen LogP contribution in [0.25, 0.3) is 0 Å². The van der Waals surface area contributed by atoms with Crippen molar-refractivity contribution >= 4 is 27.5 Å². The topological polar surface area (TPSA) is 64.4 Å². The normalized spacial score (nSPS) is 12.9. The molecule has 0 spiro atoms. The molecule has 1 rings (SSSR count). The van der Waals surface area contributed by atoms with E-state index in [2.05, 4.69) is 26.0 Å². The zero-order chi connectivity index (χ0) is 16.0. The molecule has 1 amide bonds. The summed E-state index contributed by atoms with van der Waals surface area (Å²) in [4.78, 5) is 12.0. The van der Waals surface area contributed by atoms with Crippen LogP contribution in [0.15, 0.2) is 22.7 Å². The summed E-state index contributed by atoms with van der Waals surface area (Å²) in [5.41, 5.74) is 5.45. The average Bonchev–Trinajstić information content (AvgIpc) is 2.37. The molecule has 1 aromatic rings. The third kappa shape index (κ3) is 5.92. The molecule has 0 aliphatic rings. The lowest BCUT2D eigenvalue weighted by atomic mass is 10.0. The molecule has 0 heterocycles. The number of benzene rings is 1. The highest BCUT2D eigenvalue weighted by Gasteiger charge is 2.32. The lowest BCUT2D eigenvalue weighted by Crippen LogP contribution is -2.29. The molecule has 0 saturated heterocycles. The number of halogens is 4. The highest BCUT2D eigenvalue weighted by atomic mass is 79.9. The van der Waals surface area contributed by atoms with Crippen molar-refractivity contribution in [3.05, 3.63) is 22.7 Å². The van der Waals surface area contributed by atoms with Gasteiger partial charge < -0.3 is 15.8 Å². The number of alkyl halides is 3. The smallest absolute Gasteiger partial charge is 0.404 e. The van der Waals surface area contributed by atoms with Crippen LogP contribution in [0, 0.1) is 5.92 Å². The zero-order valence-corrected chi connectivity index (χ0v) is 12.9. The van der Waals surface area contributed by atoms with Crippen LogP contribution in [0.3, 0.4) is 0 Å². The van der Waals surface area contributed by atoms with Crippen LogP contribution in [0.4, 0.5) is 18.9 Å². The Kier molecular flexibility index (Phi) is 6.47. The summed E-state index contributed by atoms with van der Waals surface area (Å²) >= 11 is 3.06. The number of carbonyl (C=O) groups excluding carboxylic acids is 1. The monoisotopic (exact) mass is 368 g/mol. The van der Waals surface area contributed by atoms with Gasteiger partial charge in [-0.25, -0.2) is 0 Å². The van der Waals surface area contributed by atoms with Crippen molar-refractivity contribution < 1.29 is 22.7 Å². The zero-order valence-electron chi connectivity index (χ0n) is 11.3. The Morgan fingerprint density at radius 3 is 2.67 bits per heavy atom. The summed E-state index contributed by atoms with van der Waals surface area (Å²) in [6.45, 7) is 2.03. The fourth-order valence-electron chi connectivity index (χ4n) is 1.75. The van der Waals surface area contributed by atoms with Gasteiger partial charge in [-0.05, 0) is 24.6 Å². The standard InChI is InChI=1S/C13H16BrF3N2O2/c1-2-3-8(7-18)12(20)19-10-5-4-9(14)6-11(10)21-13(15,16)17/h4-6,8H,2-3,7,18H2,1H3,(H,19,20). The third-order valence-electron chi connectivity index (χ3n) is 2.72. The van der Waals surface area contributed by atoms with Gasteiger partial charge in [0.15, 0.2) is 5.75 Å². The first-order valence-corrected chi connectivity index (χ1v) is 7.12. The molecule has 0 bridgehead atoms. The summed E-state index contributed by atoms with van der Waals surface area (Å²) in [5.74, 6) is -1.34. The van der Waals surface area contributed by atoms with Crippen molar-refractivity contribution in [3.63, 3.8) is 0 Å². The molecule has 3 N–H and O–H groups in total. The number of ether oxygens (including phenoxy) is 1. The second-order valence-corrected chi connectivity index (χ2v) is 5.31. The Bertz CT molecular complexity index is 495. The Hall–Kier alpha value is -1.28. The molecule has 21 heavy (non-hydrogen) atoms. The van der Waals surface area contributed by atoms with Gasteiger partial charge in [-0.15, -0.1) is 13.2 Å². The summed E-state index contributed by atoms with van der Waals surface area (Å²) in [6, 6.07) is 3.99. The number of rotatable bonds is 6. The molecule has 8 heteroatoms. The van der Waals surface area contributed by atoms with Crippen molar-refractivity contribution in [1.82, 2.24) is 0 Å². The minimum Gasteiger partial charge on any atom is -0.404 e. The van der Waals surface area contributed by atoms with E-state index in [1.807, 2.05) is 6.92 Å². The van der Waals surface area contributed by atoms with Gasteiger partial charge in [0.1, 0.15) is 0 Å². The summed E-state index contributed by atoms with van der Waals surface area (Å²) < 4.78 is 41.4. The van der Waals surface area contributed by atoms with Gasteiger partial charge in [-0.1, -0.05) is 29.3 Å². The van der Waals surface area contributed by atoms with Gasteiger partial charge in [0.25, 0.3) is 0 Å². The quantitative estimate of drug-likeness (QED) is 0.805. The summed E-state index contributed by atoms with van der Waals surface area (Å²) in [5, 5.41) is 2.43. The minimum absolute atomic E-state index is 0.0462. The van der Waals surface area contributed by atoms with Crippen LogP contribution in [-0.2, 0) is 4.79 Å². The van der Waals surface area contributed by atoms with Crippen LogP contribution in [0.1, 0.15) is 19.8 Å². The predicted molar refractivity (Wildman–Crippen MR) is 76.9 cm³/mol. The Morgan fingerprint density at radius 1 is 1.48 bits per heavy atom. The molecule has 1 unspecified atom stereocenters. The van der Waals surface area contributed by atoms with Gasteiger partial charge in [0.05, 0.1) is 11.6 Å². The van der Waals surface area contributed by atoms with Crippen LogP contribution >= 0.6 is 15.9 Å². The van der Waals surface area contributed by atoms with Crippen LogP contribution in [0.2, 0.25) is 0 Å². The van der Waals surface area contributed by atoms with Gasteiger partial charge >= 0.3 is 6.36 Å². The van der Waals surface area contributed by atoms with Crippen LogP contribution in [-0.4, -0.2) is 18.8 Å². The van der Waals surface area contributed by atoms with E-state index in [-0.39, 0.29) is 12.2 Å². The Balaban J connectivity index is 2.94. The van der Waals surface area contributed by atoms with E-state index in [1.54, 1.807) is 0 Å². The molecular weight excluding hydrogens is 353 g/mol. The number of hydrogen-bond donors (Lipinski definition) is 2. The average molecular weight is 369 g/mol. The molecule has 0 saturated carbocycles. The molecule has 0 aliphatic heterocycles. The molecule has 0 radical (unpaired) electrons. The number of nitrogens with one attached hydrogen (secondary N) is 1. The molecule has 1 atom stereocenters. The number of carbonyl (C=O) groups is 1. The fourth-order valence-corrected chi connectivity index (χ4v) is 2.09. The largest absolute Gasteiger partial charge is 0.573 e. The third-order valence-corrected chi connectivity index (χ3v) is 3.21. The van der Waals surface area contributed by atoms with E-state index in [0.29, 0.717) is 10.9 Å². The summed E-state index contributed by atoms with van der Waals surface area (Å²) in [6.07, 6.45) is -3.52. The van der Waals surface area contributed by atoms with Crippen molar-refractivity contribution in [2.45, 2.75) is 26.1 Å². The molecule has 1 aromatic carbocycles. The van der Waals surface area contributed by atoms with E-state index in [0.717, 1.165) is 12.5 Å². The minimum atomic E-state index is -4.84. The molecule has 0 aromatic heterocycles. The SMILES string of the molecule is CCCC(CN)C(=O)Nc1ccc(Br)cc1OC(F)(F)F. The van der Waals surface area contributed by atoms with Crippen molar-refractivity contribution in [1.29, 1.82) is 0 Å². The van der Waals surface area contributed by atoms with Crippen LogP contribution in [0.5, 0.6) is 5.75 Å².